The van der Waals surface area contributed by atoms with E-state index in [-0.39, 0.29) is 0 Å². The van der Waals surface area contributed by atoms with Crippen LogP contribution in [0.5, 0.6) is 0 Å². The fourth-order valence-electron chi connectivity index (χ4n) is 1.92. The van der Waals surface area contributed by atoms with Crippen LogP contribution in [-0.2, 0) is 0 Å². The van der Waals surface area contributed by atoms with Gasteiger partial charge in [0.1, 0.15) is 0 Å². The number of nitrogens with zero attached hydrogens (tertiary/aromatic N) is 2. The molecule has 0 aromatic carbocycles. The lowest BCUT2D eigenvalue weighted by Gasteiger charge is -2.11. The van der Waals surface area contributed by atoms with Crippen LogP contribution in [0, 0.1) is 6.92 Å². The van der Waals surface area contributed by atoms with E-state index in [1.165, 1.54) is 25.7 Å². The molecule has 1 aromatic heterocycles. The van der Waals surface area contributed by atoms with Gasteiger partial charge in [-0.25, -0.2) is 0 Å². The normalized spacial score (nSPS) is 18.8. The lowest BCUT2D eigenvalue weighted by atomic mass is 10.2. The van der Waals surface area contributed by atoms with Gasteiger partial charge in [-0.1, -0.05) is 24.4 Å². The van der Waals surface area contributed by atoms with Gasteiger partial charge in [-0.3, -0.25) is 4.68 Å². The zero-order valence-corrected chi connectivity index (χ0v) is 8.01. The minimum absolute atomic E-state index is 0.609. The van der Waals surface area contributed by atoms with Crippen LogP contribution < -0.4 is 0 Å². The average molecular weight is 185 g/mol. The fourth-order valence-corrected chi connectivity index (χ4v) is 2.05. The predicted octanol–water partition coefficient (Wildman–Crippen LogP) is 2.96. The molecular formula is C9H13ClN2. The van der Waals surface area contributed by atoms with Gasteiger partial charge < -0.3 is 0 Å². The lowest BCUT2D eigenvalue weighted by Crippen LogP contribution is -2.07. The molecule has 2 nitrogen and oxygen atoms in total. The molecule has 2 rings (SSSR count). The third kappa shape index (κ3) is 1.24. The van der Waals surface area contributed by atoms with E-state index in [0.717, 1.165) is 10.7 Å². The summed E-state index contributed by atoms with van der Waals surface area (Å²) in [5.74, 6) is 0. The Morgan fingerprint density at radius 2 is 2.17 bits per heavy atom. The molecule has 1 aliphatic carbocycles. The molecule has 0 saturated heterocycles. The van der Waals surface area contributed by atoms with E-state index in [0.29, 0.717) is 6.04 Å². The highest BCUT2D eigenvalue weighted by molar-refractivity contribution is 6.31. The van der Waals surface area contributed by atoms with Crippen LogP contribution in [0.2, 0.25) is 5.02 Å². The van der Waals surface area contributed by atoms with Crippen LogP contribution in [0.4, 0.5) is 0 Å². The standard InChI is InChI=1S/C9H13ClN2/c1-7-9(10)6-11-12(7)8-4-2-3-5-8/h6,8H,2-5H2,1H3. The summed E-state index contributed by atoms with van der Waals surface area (Å²) in [6.07, 6.45) is 6.94. The summed E-state index contributed by atoms with van der Waals surface area (Å²) in [5, 5.41) is 5.08. The zero-order valence-electron chi connectivity index (χ0n) is 7.26. The van der Waals surface area contributed by atoms with Crippen LogP contribution in [-0.4, -0.2) is 9.78 Å². The Hall–Kier alpha value is -0.500. The molecule has 0 amide bonds. The van der Waals surface area contributed by atoms with Gasteiger partial charge in [-0.05, 0) is 19.8 Å². The molecule has 0 bridgehead atoms. The molecule has 0 spiro atoms. The minimum atomic E-state index is 0.609. The van der Waals surface area contributed by atoms with Crippen molar-refractivity contribution >= 4 is 11.6 Å². The fraction of sp³-hybridized carbons (Fsp3) is 0.667. The molecule has 1 aromatic rings. The van der Waals surface area contributed by atoms with Crippen LogP contribution in [0.1, 0.15) is 37.4 Å². The molecule has 12 heavy (non-hydrogen) atoms. The summed E-state index contributed by atoms with van der Waals surface area (Å²) in [6.45, 7) is 2.04. The molecule has 0 unspecified atom stereocenters. The third-order valence-corrected chi connectivity index (χ3v) is 3.03. The summed E-state index contributed by atoms with van der Waals surface area (Å²) in [4.78, 5) is 0. The van der Waals surface area contributed by atoms with Crippen molar-refractivity contribution in [2.75, 3.05) is 0 Å². The van der Waals surface area contributed by atoms with Gasteiger partial charge in [0.2, 0.25) is 0 Å². The van der Waals surface area contributed by atoms with Gasteiger partial charge in [0.05, 0.1) is 23.0 Å². The second-order valence-corrected chi connectivity index (χ2v) is 3.87. The molecule has 1 heterocycles. The molecular weight excluding hydrogens is 172 g/mol. The van der Waals surface area contributed by atoms with Crippen molar-refractivity contribution in [1.29, 1.82) is 0 Å². The maximum absolute atomic E-state index is 5.92. The predicted molar refractivity (Wildman–Crippen MR) is 49.5 cm³/mol. The Morgan fingerprint density at radius 3 is 2.67 bits per heavy atom. The van der Waals surface area contributed by atoms with E-state index in [2.05, 4.69) is 9.78 Å². The first kappa shape index (κ1) is 8.11. The smallest absolute Gasteiger partial charge is 0.0815 e. The summed E-state index contributed by atoms with van der Waals surface area (Å²) >= 11 is 5.92. The summed E-state index contributed by atoms with van der Waals surface area (Å²) in [7, 11) is 0. The Bertz CT molecular complexity index is 274. The first-order valence-electron chi connectivity index (χ1n) is 4.48. The van der Waals surface area contributed by atoms with Gasteiger partial charge >= 0.3 is 0 Å². The van der Waals surface area contributed by atoms with Crippen molar-refractivity contribution in [2.45, 2.75) is 38.6 Å². The zero-order chi connectivity index (χ0) is 8.55. The lowest BCUT2D eigenvalue weighted by molar-refractivity contribution is 0.457. The highest BCUT2D eigenvalue weighted by Crippen LogP contribution is 2.31. The summed E-state index contributed by atoms with van der Waals surface area (Å²) in [6, 6.07) is 0.609. The van der Waals surface area contributed by atoms with Gasteiger partial charge in [-0.15, -0.1) is 0 Å². The Morgan fingerprint density at radius 1 is 1.50 bits per heavy atom. The second kappa shape index (κ2) is 3.09. The highest BCUT2D eigenvalue weighted by atomic mass is 35.5. The molecule has 1 saturated carbocycles. The summed E-state index contributed by atoms with van der Waals surface area (Å²) in [5.41, 5.74) is 1.11. The largest absolute Gasteiger partial charge is 0.265 e. The third-order valence-electron chi connectivity index (χ3n) is 2.66. The van der Waals surface area contributed by atoms with Crippen molar-refractivity contribution in [3.8, 4) is 0 Å². The van der Waals surface area contributed by atoms with Crippen LogP contribution in [0.15, 0.2) is 6.20 Å². The molecule has 3 heteroatoms. The number of aromatic nitrogens is 2. The van der Waals surface area contributed by atoms with Crippen molar-refractivity contribution in [3.05, 3.63) is 16.9 Å². The first-order valence-corrected chi connectivity index (χ1v) is 4.86. The summed E-state index contributed by atoms with van der Waals surface area (Å²) < 4.78 is 2.08. The van der Waals surface area contributed by atoms with Gasteiger partial charge in [0.25, 0.3) is 0 Å². The number of hydrogen-bond acceptors (Lipinski definition) is 1. The molecule has 1 fully saturated rings. The molecule has 0 atom stereocenters. The molecule has 1 aliphatic rings. The van der Waals surface area contributed by atoms with Crippen molar-refractivity contribution in [3.63, 3.8) is 0 Å². The maximum atomic E-state index is 5.92. The van der Waals surface area contributed by atoms with Gasteiger partial charge in [-0.2, -0.15) is 5.10 Å². The van der Waals surface area contributed by atoms with E-state index in [1.54, 1.807) is 6.20 Å². The Balaban J connectivity index is 2.26. The second-order valence-electron chi connectivity index (χ2n) is 3.46. The van der Waals surface area contributed by atoms with E-state index in [1.807, 2.05) is 6.92 Å². The Labute approximate surface area is 77.5 Å². The highest BCUT2D eigenvalue weighted by Gasteiger charge is 2.19. The van der Waals surface area contributed by atoms with Crippen LogP contribution >= 0.6 is 11.6 Å². The molecule has 0 aliphatic heterocycles. The number of halogens is 1. The number of hydrogen-bond donors (Lipinski definition) is 0. The molecule has 0 radical (unpaired) electrons. The maximum Gasteiger partial charge on any atom is 0.0815 e. The quantitative estimate of drug-likeness (QED) is 0.656. The van der Waals surface area contributed by atoms with Gasteiger partial charge in [0.15, 0.2) is 0 Å². The van der Waals surface area contributed by atoms with Crippen LogP contribution in [0.25, 0.3) is 0 Å². The van der Waals surface area contributed by atoms with E-state index in [4.69, 9.17) is 11.6 Å². The van der Waals surface area contributed by atoms with E-state index >= 15 is 0 Å². The monoisotopic (exact) mass is 184 g/mol. The first-order chi connectivity index (χ1) is 5.79. The van der Waals surface area contributed by atoms with Crippen molar-refractivity contribution in [1.82, 2.24) is 9.78 Å². The van der Waals surface area contributed by atoms with Crippen molar-refractivity contribution in [2.24, 2.45) is 0 Å². The van der Waals surface area contributed by atoms with Crippen molar-refractivity contribution < 1.29 is 0 Å². The number of rotatable bonds is 1. The van der Waals surface area contributed by atoms with E-state index in [9.17, 15) is 0 Å². The SMILES string of the molecule is Cc1c(Cl)cnn1C1CCCC1. The van der Waals surface area contributed by atoms with E-state index < -0.39 is 0 Å². The van der Waals surface area contributed by atoms with Gasteiger partial charge in [0, 0.05) is 0 Å². The minimum Gasteiger partial charge on any atom is -0.265 e. The Kier molecular flexibility index (Phi) is 2.09. The average Bonchev–Trinajstić information content (AvgIpc) is 2.64. The molecule has 0 N–H and O–H groups in total. The van der Waals surface area contributed by atoms with Crippen LogP contribution in [0.3, 0.4) is 0 Å². The molecule has 66 valence electrons. The topological polar surface area (TPSA) is 17.8 Å².